The topological polar surface area (TPSA) is 166 Å². The summed E-state index contributed by atoms with van der Waals surface area (Å²) in [6.07, 6.45) is 0. The summed E-state index contributed by atoms with van der Waals surface area (Å²) >= 11 is 0. The monoisotopic (exact) mass is 910 g/mol. The number of hydrogen-bond acceptors (Lipinski definition) is 11. The van der Waals surface area contributed by atoms with Gasteiger partial charge in [-0.1, -0.05) is 217 Å². The molecule has 0 bridgehead atoms. The lowest BCUT2D eigenvalue weighted by Gasteiger charge is -2.11. The summed E-state index contributed by atoms with van der Waals surface area (Å²) < 4.78 is 0.416. The van der Waals surface area contributed by atoms with Crippen molar-refractivity contribution in [3.8, 4) is 44.5 Å². The van der Waals surface area contributed by atoms with Crippen LogP contribution in [-0.4, -0.2) is 53.0 Å². The Kier molecular flexibility index (Phi) is 12.2. The second-order valence-corrected chi connectivity index (χ2v) is 15.8. The number of nitrogens with zero attached hydrogens (tertiary/aromatic N) is 7. The van der Waals surface area contributed by atoms with Crippen LogP contribution in [-0.2, 0) is 0 Å². The Morgan fingerprint density at radius 1 is 0.271 bits per heavy atom. The zero-order valence-corrected chi connectivity index (χ0v) is 37.0. The fourth-order valence-electron chi connectivity index (χ4n) is 8.07. The first-order valence-electron chi connectivity index (χ1n) is 22.1. The van der Waals surface area contributed by atoms with Crippen LogP contribution in [0.25, 0.3) is 44.5 Å². The van der Waals surface area contributed by atoms with Gasteiger partial charge in [0.2, 0.25) is 34.8 Å². The number of rotatable bonds is 14. The third-order valence-corrected chi connectivity index (χ3v) is 11.4. The zero-order valence-electron chi connectivity index (χ0n) is 37.0. The fraction of sp³-hybridized carbons (Fsp3) is 0. The summed E-state index contributed by atoms with van der Waals surface area (Å²) in [4.78, 5) is 100. The number of hydrogen-bond donors (Lipinski definition) is 0. The number of ketones is 4. The largest absolute Gasteiger partial charge is 0.478 e. The molecule has 0 aliphatic heterocycles. The normalized spacial score (nSPS) is 10.9. The van der Waals surface area contributed by atoms with E-state index in [2.05, 4.69) is 29.9 Å². The maximum Gasteiger partial charge on any atom is 0.478 e. The molecule has 12 nitrogen and oxygen atoms in total. The highest BCUT2D eigenvalue weighted by molar-refractivity contribution is 6.15. The Labute approximate surface area is 400 Å². The van der Waals surface area contributed by atoms with Crippen molar-refractivity contribution in [1.82, 2.24) is 34.7 Å². The van der Waals surface area contributed by atoms with E-state index in [0.29, 0.717) is 32.6 Å². The van der Waals surface area contributed by atoms with Crippen molar-refractivity contribution >= 4 is 34.8 Å². The van der Waals surface area contributed by atoms with Crippen LogP contribution in [0.15, 0.2) is 218 Å². The van der Waals surface area contributed by atoms with Crippen molar-refractivity contribution in [3.63, 3.8) is 0 Å². The van der Waals surface area contributed by atoms with E-state index in [4.69, 9.17) is 0 Å². The lowest BCUT2D eigenvalue weighted by molar-refractivity contribution is 0.101. The third kappa shape index (κ3) is 8.86. The van der Waals surface area contributed by atoms with Crippen LogP contribution < -0.4 is 4.76 Å². The van der Waals surface area contributed by atoms with E-state index >= 15 is 4.79 Å². The highest BCUT2D eigenvalue weighted by Crippen LogP contribution is 2.33. The summed E-state index contributed by atoms with van der Waals surface area (Å²) in [5.41, 5.74) is 5.72. The van der Waals surface area contributed by atoms with Gasteiger partial charge in [-0.15, -0.1) is 0 Å². The molecule has 8 aromatic carbocycles. The van der Waals surface area contributed by atoms with Crippen molar-refractivity contribution in [3.05, 3.63) is 269 Å². The van der Waals surface area contributed by atoms with E-state index in [1.54, 1.807) is 97.1 Å². The van der Waals surface area contributed by atoms with Gasteiger partial charge in [0.25, 0.3) is 17.4 Å². The molecule has 0 fully saturated rings. The van der Waals surface area contributed by atoms with Crippen molar-refractivity contribution < 1.29 is 19.2 Å². The van der Waals surface area contributed by atoms with Crippen LogP contribution in [0.1, 0.15) is 65.0 Å². The predicted octanol–water partition coefficient (Wildman–Crippen LogP) is 11.2. The van der Waals surface area contributed by atoms with Crippen molar-refractivity contribution in [2.24, 2.45) is 0 Å². The molecule has 0 spiro atoms. The van der Waals surface area contributed by atoms with E-state index in [-0.39, 0.29) is 22.4 Å². The van der Waals surface area contributed by atoms with Gasteiger partial charge in [0.05, 0.1) is 0 Å². The Balaban J connectivity index is 1.15. The van der Waals surface area contributed by atoms with Gasteiger partial charge in [-0.2, -0.15) is 4.98 Å². The lowest BCUT2D eigenvalue weighted by atomic mass is 9.96. The highest BCUT2D eigenvalue weighted by atomic mass is 16.3. The van der Waals surface area contributed by atoms with E-state index < -0.39 is 58.2 Å². The molecule has 12 heteroatoms. The number of para-hydroxylation sites is 1. The summed E-state index contributed by atoms with van der Waals surface area (Å²) in [6, 6.07) is 64.0. The number of aromatic nitrogens is 6. The van der Waals surface area contributed by atoms with Gasteiger partial charge in [0.1, 0.15) is 0 Å². The molecular formula is C58H36N7O5+. The maximum absolute atomic E-state index is 15.1. The molecule has 70 heavy (non-hydrogen) atoms. The SMILES string of the molecule is O=C(c1nc(C(=O)c2ccccc2-c2ccccc2)nc(C(=O)c2ccccc2-c2ccccc2)n1)c1nc(C(=O)c2ccccc2-c2ccccc2)nc([N+](=O)c2ccccc2-c2ccccc2)n1. The quantitative estimate of drug-likeness (QED) is 0.0752. The molecule has 332 valence electrons. The second kappa shape index (κ2) is 19.5. The summed E-state index contributed by atoms with van der Waals surface area (Å²) in [6.45, 7) is 0. The summed E-state index contributed by atoms with van der Waals surface area (Å²) in [7, 11) is 0. The van der Waals surface area contributed by atoms with Gasteiger partial charge in [-0.3, -0.25) is 19.2 Å². The van der Waals surface area contributed by atoms with Crippen molar-refractivity contribution in [2.75, 3.05) is 0 Å². The Morgan fingerprint density at radius 3 is 0.900 bits per heavy atom. The first-order chi connectivity index (χ1) is 34.3. The lowest BCUT2D eigenvalue weighted by Crippen LogP contribution is -2.23. The number of benzene rings is 8. The molecule has 0 N–H and O–H groups in total. The Hall–Kier alpha value is -9.94. The Morgan fingerprint density at radius 2 is 0.529 bits per heavy atom. The number of carbonyl (C=O) groups is 4. The zero-order chi connectivity index (χ0) is 48.0. The minimum Gasteiger partial charge on any atom is -0.285 e. The van der Waals surface area contributed by atoms with Gasteiger partial charge in [-0.25, -0.2) is 15.0 Å². The minimum absolute atomic E-state index is 0.108. The number of carbonyl (C=O) groups excluding carboxylic acids is 4. The molecule has 0 saturated heterocycles. The van der Waals surface area contributed by atoms with E-state index in [1.165, 1.54) is 0 Å². The molecule has 0 saturated carbocycles. The van der Waals surface area contributed by atoms with Crippen LogP contribution in [0, 0.1) is 4.91 Å². The molecule has 0 radical (unpaired) electrons. The highest BCUT2D eigenvalue weighted by Gasteiger charge is 2.34. The third-order valence-electron chi connectivity index (χ3n) is 11.4. The molecule has 0 amide bonds. The predicted molar refractivity (Wildman–Crippen MR) is 266 cm³/mol. The molecule has 2 heterocycles. The smallest absolute Gasteiger partial charge is 0.285 e. The molecule has 2 aromatic heterocycles. The van der Waals surface area contributed by atoms with Crippen LogP contribution >= 0.6 is 0 Å². The summed E-state index contributed by atoms with van der Waals surface area (Å²) in [5, 5.41) is 0. The van der Waals surface area contributed by atoms with Gasteiger partial charge < -0.3 is 0 Å². The average Bonchev–Trinajstić information content (AvgIpc) is 3.44. The van der Waals surface area contributed by atoms with Gasteiger partial charge in [0, 0.05) is 27.0 Å². The van der Waals surface area contributed by atoms with Gasteiger partial charge in [0.15, 0.2) is 5.69 Å². The van der Waals surface area contributed by atoms with Gasteiger partial charge >= 0.3 is 5.95 Å². The first-order valence-corrected chi connectivity index (χ1v) is 22.1. The minimum atomic E-state index is -1.13. The molecule has 10 aromatic rings. The molecule has 0 unspecified atom stereocenters. The van der Waals surface area contributed by atoms with Gasteiger partial charge in [-0.05, 0) is 55.0 Å². The molecule has 0 aliphatic rings. The average molecular weight is 911 g/mol. The van der Waals surface area contributed by atoms with E-state index in [1.807, 2.05) is 121 Å². The number of nitroso groups, excluding NO2 is 1. The van der Waals surface area contributed by atoms with E-state index in [0.717, 1.165) is 16.7 Å². The van der Waals surface area contributed by atoms with Crippen molar-refractivity contribution in [2.45, 2.75) is 0 Å². The van der Waals surface area contributed by atoms with Crippen LogP contribution in [0.2, 0.25) is 0 Å². The van der Waals surface area contributed by atoms with Crippen LogP contribution in [0.5, 0.6) is 0 Å². The maximum atomic E-state index is 15.1. The first kappa shape index (κ1) is 43.9. The fourth-order valence-corrected chi connectivity index (χ4v) is 8.07. The molecular weight excluding hydrogens is 875 g/mol. The molecule has 10 rings (SSSR count). The van der Waals surface area contributed by atoms with Crippen LogP contribution in [0.3, 0.4) is 0 Å². The van der Waals surface area contributed by atoms with Crippen LogP contribution in [0.4, 0.5) is 11.6 Å². The van der Waals surface area contributed by atoms with Crippen molar-refractivity contribution in [1.29, 1.82) is 0 Å². The molecule has 0 atom stereocenters. The van der Waals surface area contributed by atoms with E-state index in [9.17, 15) is 19.3 Å². The second-order valence-electron chi connectivity index (χ2n) is 15.8. The summed E-state index contributed by atoms with van der Waals surface area (Å²) in [5.74, 6) is -6.86. The Bertz CT molecular complexity index is 3180. The standard InChI is InChI=1S/C58H36N7O5/c66-49(45-33-16-13-29-41(45)37-21-5-1-6-22-37)53-59-54(50(67)46-34-17-14-30-42(46)38-23-7-2-8-24-38)61-56(60-53)52(69)57-62-55(51(68)47-35-18-15-31-43(47)39-25-9-3-10-26-39)63-58(64-57)65(70)48-36-20-19-32-44(48)40-27-11-4-12-28-40/h1-36H/q+1. The molecule has 0 aliphatic carbocycles.